The summed E-state index contributed by atoms with van der Waals surface area (Å²) in [6.45, 7) is 1.81. The van der Waals surface area contributed by atoms with E-state index in [9.17, 15) is 22.8 Å². The minimum Gasteiger partial charge on any atom is -0.453 e. The van der Waals surface area contributed by atoms with Gasteiger partial charge >= 0.3 is 12.3 Å². The zero-order chi connectivity index (χ0) is 17.2. The van der Waals surface area contributed by atoms with Crippen molar-refractivity contribution in [3.05, 3.63) is 29.3 Å². The second-order valence-corrected chi connectivity index (χ2v) is 5.29. The lowest BCUT2D eigenvalue weighted by molar-refractivity contribution is -0.137. The van der Waals surface area contributed by atoms with E-state index in [1.165, 1.54) is 12.1 Å². The lowest BCUT2D eigenvalue weighted by Gasteiger charge is -2.33. The molecule has 0 radical (unpaired) electrons. The van der Waals surface area contributed by atoms with Crippen LogP contribution in [0.25, 0.3) is 0 Å². The summed E-state index contributed by atoms with van der Waals surface area (Å²) in [6.07, 6.45) is -4.62. The molecule has 126 valence electrons. The smallest absolute Gasteiger partial charge is 0.418 e. The standard InChI is InChI=1S/C15H17F3N2O3/c1-3-8-7-10(13(21)20-14(22)23-2)9-5-4-6-11(12(9)19-8)15(16,17)18/h4-6,8,10,19H,3,7H2,1-2H3,(H,20,21,22)/t8-,10+/m0/s1. The average molecular weight is 330 g/mol. The van der Waals surface area contributed by atoms with Crippen molar-refractivity contribution in [2.75, 3.05) is 12.4 Å². The highest BCUT2D eigenvalue weighted by molar-refractivity contribution is 5.97. The highest BCUT2D eigenvalue weighted by Gasteiger charge is 2.39. The Bertz CT molecular complexity index is 616. The molecule has 0 unspecified atom stereocenters. The van der Waals surface area contributed by atoms with Gasteiger partial charge in [-0.25, -0.2) is 4.79 Å². The van der Waals surface area contributed by atoms with Crippen molar-refractivity contribution < 1.29 is 27.5 Å². The van der Waals surface area contributed by atoms with Crippen LogP contribution in [0.5, 0.6) is 0 Å². The Morgan fingerprint density at radius 3 is 2.65 bits per heavy atom. The molecule has 2 N–H and O–H groups in total. The van der Waals surface area contributed by atoms with Crippen LogP contribution in [0.2, 0.25) is 0 Å². The third-order valence-corrected chi connectivity index (χ3v) is 3.87. The zero-order valence-corrected chi connectivity index (χ0v) is 12.7. The molecule has 0 aliphatic carbocycles. The molecule has 0 aromatic heterocycles. The zero-order valence-electron chi connectivity index (χ0n) is 12.7. The molecule has 0 bridgehead atoms. The number of ether oxygens (including phenoxy) is 1. The number of hydrogen-bond acceptors (Lipinski definition) is 4. The molecule has 1 heterocycles. The van der Waals surface area contributed by atoms with E-state index in [4.69, 9.17) is 0 Å². The third kappa shape index (κ3) is 3.57. The van der Waals surface area contributed by atoms with Crippen LogP contribution in [-0.2, 0) is 15.7 Å². The SMILES string of the molecule is CC[C@H]1C[C@@H](C(=O)NC(=O)OC)c2cccc(C(F)(F)F)c2N1. The van der Waals surface area contributed by atoms with Gasteiger partial charge in [-0.3, -0.25) is 10.1 Å². The number of halogens is 3. The van der Waals surface area contributed by atoms with Crippen LogP contribution in [0, 0.1) is 0 Å². The Labute approximate surface area is 131 Å². The fraction of sp³-hybridized carbons (Fsp3) is 0.467. The molecular weight excluding hydrogens is 313 g/mol. The van der Waals surface area contributed by atoms with Crippen LogP contribution < -0.4 is 10.6 Å². The summed E-state index contributed by atoms with van der Waals surface area (Å²) in [5.74, 6) is -1.52. The van der Waals surface area contributed by atoms with Gasteiger partial charge in [-0.05, 0) is 24.5 Å². The molecule has 0 saturated carbocycles. The third-order valence-electron chi connectivity index (χ3n) is 3.87. The Morgan fingerprint density at radius 2 is 2.09 bits per heavy atom. The molecule has 8 heteroatoms. The summed E-state index contributed by atoms with van der Waals surface area (Å²) >= 11 is 0. The number of imide groups is 1. The number of methoxy groups -OCH3 is 1. The first-order valence-electron chi connectivity index (χ1n) is 7.13. The number of alkyl halides is 3. The second-order valence-electron chi connectivity index (χ2n) is 5.29. The van der Waals surface area contributed by atoms with Crippen molar-refractivity contribution in [1.82, 2.24) is 5.32 Å². The first-order chi connectivity index (χ1) is 10.8. The van der Waals surface area contributed by atoms with E-state index in [-0.39, 0.29) is 17.3 Å². The summed E-state index contributed by atoms with van der Waals surface area (Å²) in [5.41, 5.74) is -0.682. The van der Waals surface area contributed by atoms with E-state index >= 15 is 0 Å². The van der Waals surface area contributed by atoms with Crippen LogP contribution in [0.3, 0.4) is 0 Å². The van der Waals surface area contributed by atoms with Gasteiger partial charge in [0, 0.05) is 6.04 Å². The number of carbonyl (C=O) groups is 2. The van der Waals surface area contributed by atoms with Crippen molar-refractivity contribution >= 4 is 17.7 Å². The lowest BCUT2D eigenvalue weighted by atomic mass is 9.84. The molecule has 1 aromatic carbocycles. The maximum Gasteiger partial charge on any atom is 0.418 e. The van der Waals surface area contributed by atoms with E-state index in [1.54, 1.807) is 0 Å². The number of rotatable bonds is 2. The summed E-state index contributed by atoms with van der Waals surface area (Å²) in [4.78, 5) is 23.4. The molecule has 0 saturated heterocycles. The van der Waals surface area contributed by atoms with E-state index < -0.39 is 29.7 Å². The van der Waals surface area contributed by atoms with Crippen LogP contribution in [-0.4, -0.2) is 25.2 Å². The first kappa shape index (κ1) is 17.1. The minimum atomic E-state index is -4.53. The predicted molar refractivity (Wildman–Crippen MR) is 77.1 cm³/mol. The molecule has 23 heavy (non-hydrogen) atoms. The molecule has 0 spiro atoms. The van der Waals surface area contributed by atoms with Crippen molar-refractivity contribution in [3.63, 3.8) is 0 Å². The van der Waals surface area contributed by atoms with Crippen molar-refractivity contribution in [2.45, 2.75) is 37.9 Å². The minimum absolute atomic E-state index is 0.0943. The fourth-order valence-electron chi connectivity index (χ4n) is 2.69. The largest absolute Gasteiger partial charge is 0.453 e. The van der Waals surface area contributed by atoms with Crippen molar-refractivity contribution in [1.29, 1.82) is 0 Å². The first-order valence-corrected chi connectivity index (χ1v) is 7.13. The van der Waals surface area contributed by atoms with Gasteiger partial charge in [0.2, 0.25) is 5.91 Å². The van der Waals surface area contributed by atoms with Gasteiger partial charge in [-0.15, -0.1) is 0 Å². The van der Waals surface area contributed by atoms with E-state index in [0.717, 1.165) is 13.2 Å². The Morgan fingerprint density at radius 1 is 1.39 bits per heavy atom. The Balaban J connectivity index is 2.44. The van der Waals surface area contributed by atoms with Crippen LogP contribution in [0.15, 0.2) is 18.2 Å². The van der Waals surface area contributed by atoms with Gasteiger partial charge in [0.15, 0.2) is 0 Å². The van der Waals surface area contributed by atoms with Crippen LogP contribution in [0.1, 0.15) is 36.8 Å². The van der Waals surface area contributed by atoms with E-state index in [2.05, 4.69) is 10.1 Å². The molecule has 1 aliphatic heterocycles. The number of hydrogen-bond donors (Lipinski definition) is 2. The number of amides is 2. The van der Waals surface area contributed by atoms with Crippen molar-refractivity contribution in [3.8, 4) is 0 Å². The highest BCUT2D eigenvalue weighted by Crippen LogP contribution is 2.43. The predicted octanol–water partition coefficient (Wildman–Crippen LogP) is 3.27. The number of benzene rings is 1. The number of fused-ring (bicyclic) bond motifs is 1. The van der Waals surface area contributed by atoms with E-state index in [1.807, 2.05) is 12.2 Å². The molecule has 0 fully saturated rings. The summed E-state index contributed by atoms with van der Waals surface area (Å²) in [6, 6.07) is 3.40. The van der Waals surface area contributed by atoms with Gasteiger partial charge in [0.05, 0.1) is 24.3 Å². The molecule has 1 aliphatic rings. The quantitative estimate of drug-likeness (QED) is 0.873. The maximum atomic E-state index is 13.2. The summed E-state index contributed by atoms with van der Waals surface area (Å²) < 4.78 is 43.9. The second kappa shape index (κ2) is 6.47. The van der Waals surface area contributed by atoms with E-state index in [0.29, 0.717) is 12.8 Å². The molecule has 2 rings (SSSR count). The van der Waals surface area contributed by atoms with Crippen LogP contribution >= 0.6 is 0 Å². The van der Waals surface area contributed by atoms with Gasteiger partial charge < -0.3 is 10.1 Å². The Hall–Kier alpha value is -2.25. The number of anilines is 1. The molecule has 1 aromatic rings. The highest BCUT2D eigenvalue weighted by atomic mass is 19.4. The van der Waals surface area contributed by atoms with Crippen LogP contribution in [0.4, 0.5) is 23.7 Å². The number of carbonyl (C=O) groups excluding carboxylic acids is 2. The summed E-state index contributed by atoms with van der Waals surface area (Å²) in [5, 5.41) is 4.89. The van der Waals surface area contributed by atoms with Crippen molar-refractivity contribution in [2.24, 2.45) is 0 Å². The van der Waals surface area contributed by atoms with Gasteiger partial charge in [-0.2, -0.15) is 13.2 Å². The molecule has 5 nitrogen and oxygen atoms in total. The number of alkyl carbamates (subject to hydrolysis) is 1. The number of para-hydroxylation sites is 1. The number of nitrogens with one attached hydrogen (secondary N) is 2. The normalized spacial score (nSPS) is 20.2. The van der Waals surface area contributed by atoms with Gasteiger partial charge in [0.1, 0.15) is 0 Å². The fourth-order valence-corrected chi connectivity index (χ4v) is 2.69. The average Bonchev–Trinajstić information content (AvgIpc) is 2.51. The topological polar surface area (TPSA) is 67.4 Å². The maximum absolute atomic E-state index is 13.2. The molecular formula is C15H17F3N2O3. The monoisotopic (exact) mass is 330 g/mol. The van der Waals surface area contributed by atoms with Gasteiger partial charge in [0.25, 0.3) is 0 Å². The summed E-state index contributed by atoms with van der Waals surface area (Å²) in [7, 11) is 1.11. The molecule has 2 amide bonds. The van der Waals surface area contributed by atoms with Gasteiger partial charge in [-0.1, -0.05) is 19.1 Å². The Kier molecular flexibility index (Phi) is 4.82. The molecule has 2 atom stereocenters. The lowest BCUT2D eigenvalue weighted by Crippen LogP contribution is -2.40.